The molecule has 1 heterocycles. The number of thioether (sulfide) groups is 1. The topological polar surface area (TPSA) is 107 Å². The molecule has 9 heteroatoms. The van der Waals surface area contributed by atoms with Crippen molar-refractivity contribution in [3.8, 4) is 5.69 Å². The van der Waals surface area contributed by atoms with Crippen LogP contribution in [0.4, 0.5) is 11.4 Å². The summed E-state index contributed by atoms with van der Waals surface area (Å²) in [4.78, 5) is 41.2. The molecule has 0 aliphatic heterocycles. The van der Waals surface area contributed by atoms with Crippen molar-refractivity contribution in [2.45, 2.75) is 19.0 Å². The zero-order chi connectivity index (χ0) is 23.5. The molecule has 0 spiro atoms. The van der Waals surface area contributed by atoms with Gasteiger partial charge < -0.3 is 5.32 Å². The van der Waals surface area contributed by atoms with Gasteiger partial charge in [-0.2, -0.15) is 0 Å². The number of anilines is 1. The Morgan fingerprint density at radius 2 is 1.73 bits per heavy atom. The van der Waals surface area contributed by atoms with Crippen LogP contribution in [0.15, 0.2) is 76.7 Å². The zero-order valence-electron chi connectivity index (χ0n) is 17.9. The number of nitro benzene ring substituents is 1. The van der Waals surface area contributed by atoms with Gasteiger partial charge in [0.15, 0.2) is 5.16 Å². The van der Waals surface area contributed by atoms with Crippen LogP contribution in [0, 0.1) is 24.0 Å². The van der Waals surface area contributed by atoms with Gasteiger partial charge in [-0.15, -0.1) is 0 Å². The normalized spacial score (nSPS) is 10.8. The second kappa shape index (κ2) is 9.25. The summed E-state index contributed by atoms with van der Waals surface area (Å²) >= 11 is 1.09. The van der Waals surface area contributed by atoms with Gasteiger partial charge in [-0.1, -0.05) is 42.1 Å². The summed E-state index contributed by atoms with van der Waals surface area (Å²) in [7, 11) is 0. The van der Waals surface area contributed by atoms with Crippen molar-refractivity contribution in [3.05, 3.63) is 98.3 Å². The number of benzene rings is 3. The molecule has 1 aromatic heterocycles. The van der Waals surface area contributed by atoms with Crippen LogP contribution in [0.2, 0.25) is 0 Å². The summed E-state index contributed by atoms with van der Waals surface area (Å²) in [6.45, 7) is 3.89. The van der Waals surface area contributed by atoms with E-state index in [2.05, 4.69) is 10.3 Å². The molecule has 0 aliphatic rings. The first-order valence-electron chi connectivity index (χ1n) is 10.1. The predicted octanol–water partition coefficient (Wildman–Crippen LogP) is 4.64. The molecule has 4 aromatic rings. The summed E-state index contributed by atoms with van der Waals surface area (Å²) < 4.78 is 1.51. The summed E-state index contributed by atoms with van der Waals surface area (Å²) in [5.74, 6) is -0.523. The van der Waals surface area contributed by atoms with Gasteiger partial charge in [0.25, 0.3) is 11.2 Å². The summed E-state index contributed by atoms with van der Waals surface area (Å²) in [5, 5.41) is 14.6. The first-order chi connectivity index (χ1) is 15.8. The van der Waals surface area contributed by atoms with E-state index in [1.807, 2.05) is 32.0 Å². The Kier molecular flexibility index (Phi) is 6.23. The van der Waals surface area contributed by atoms with Crippen LogP contribution < -0.4 is 10.9 Å². The van der Waals surface area contributed by atoms with Crippen molar-refractivity contribution in [1.29, 1.82) is 0 Å². The molecular weight excluding hydrogens is 440 g/mol. The maximum absolute atomic E-state index is 13.4. The molecule has 0 atom stereocenters. The molecule has 1 N–H and O–H groups in total. The zero-order valence-corrected chi connectivity index (χ0v) is 18.8. The highest BCUT2D eigenvalue weighted by atomic mass is 32.2. The van der Waals surface area contributed by atoms with Gasteiger partial charge >= 0.3 is 0 Å². The number of nitro groups is 1. The second-order valence-electron chi connectivity index (χ2n) is 7.51. The maximum atomic E-state index is 13.4. The van der Waals surface area contributed by atoms with Crippen molar-refractivity contribution in [3.63, 3.8) is 0 Å². The lowest BCUT2D eigenvalue weighted by Gasteiger charge is -2.14. The summed E-state index contributed by atoms with van der Waals surface area (Å²) in [5.41, 5.74) is 2.89. The number of nitrogens with one attached hydrogen (secondary N) is 1. The van der Waals surface area contributed by atoms with E-state index in [1.165, 1.54) is 22.8 Å². The molecule has 0 bridgehead atoms. The van der Waals surface area contributed by atoms with E-state index in [-0.39, 0.29) is 22.7 Å². The Bertz CT molecular complexity index is 1430. The average Bonchev–Trinajstić information content (AvgIpc) is 2.77. The second-order valence-corrected chi connectivity index (χ2v) is 8.45. The minimum atomic E-state index is -0.550. The maximum Gasteiger partial charge on any atom is 0.292 e. The Balaban J connectivity index is 1.69. The molecule has 1 amide bonds. The van der Waals surface area contributed by atoms with E-state index in [4.69, 9.17) is 0 Å². The number of carbonyl (C=O) groups excluding carboxylic acids is 1. The minimum Gasteiger partial charge on any atom is -0.320 e. The number of para-hydroxylation sites is 3. The Labute approximate surface area is 193 Å². The first-order valence-corrected chi connectivity index (χ1v) is 11.1. The van der Waals surface area contributed by atoms with Crippen LogP contribution in [0.3, 0.4) is 0 Å². The third-order valence-corrected chi connectivity index (χ3v) is 5.86. The smallest absolute Gasteiger partial charge is 0.292 e. The van der Waals surface area contributed by atoms with E-state index < -0.39 is 10.8 Å². The van der Waals surface area contributed by atoms with E-state index in [1.54, 1.807) is 30.3 Å². The van der Waals surface area contributed by atoms with Gasteiger partial charge in [0, 0.05) is 6.07 Å². The number of carbonyl (C=O) groups is 1. The van der Waals surface area contributed by atoms with Crippen molar-refractivity contribution in [2.24, 2.45) is 0 Å². The number of hydrogen-bond acceptors (Lipinski definition) is 6. The van der Waals surface area contributed by atoms with Gasteiger partial charge in [-0.05, 0) is 55.3 Å². The number of amides is 1. The van der Waals surface area contributed by atoms with Crippen LogP contribution in [0.25, 0.3) is 16.6 Å². The van der Waals surface area contributed by atoms with Gasteiger partial charge in [0.2, 0.25) is 5.91 Å². The highest BCUT2D eigenvalue weighted by Crippen LogP contribution is 2.25. The monoisotopic (exact) mass is 460 g/mol. The number of nitrogens with zero attached hydrogens (tertiary/aromatic N) is 3. The molecule has 3 aromatic carbocycles. The van der Waals surface area contributed by atoms with Crippen LogP contribution in [-0.2, 0) is 4.79 Å². The van der Waals surface area contributed by atoms with E-state index in [9.17, 15) is 19.7 Å². The molecule has 0 radical (unpaired) electrons. The Morgan fingerprint density at radius 1 is 1.06 bits per heavy atom. The van der Waals surface area contributed by atoms with Crippen LogP contribution in [-0.4, -0.2) is 26.1 Å². The lowest BCUT2D eigenvalue weighted by molar-refractivity contribution is -0.383. The molecule has 166 valence electrons. The van der Waals surface area contributed by atoms with Crippen LogP contribution >= 0.6 is 11.8 Å². The molecule has 0 fully saturated rings. The molecule has 8 nitrogen and oxygen atoms in total. The molecule has 4 rings (SSSR count). The number of aryl methyl sites for hydroxylation is 2. The van der Waals surface area contributed by atoms with Gasteiger partial charge in [-0.3, -0.25) is 24.3 Å². The van der Waals surface area contributed by atoms with Crippen molar-refractivity contribution in [2.75, 3.05) is 11.1 Å². The highest BCUT2D eigenvalue weighted by Gasteiger charge is 2.18. The first kappa shape index (κ1) is 22.2. The molecule has 0 saturated heterocycles. The predicted molar refractivity (Wildman–Crippen MR) is 129 cm³/mol. The third-order valence-electron chi connectivity index (χ3n) is 4.92. The van der Waals surface area contributed by atoms with E-state index in [0.29, 0.717) is 21.7 Å². The summed E-state index contributed by atoms with van der Waals surface area (Å²) in [6.07, 6.45) is 0. The van der Waals surface area contributed by atoms with Crippen molar-refractivity contribution < 1.29 is 9.72 Å². The highest BCUT2D eigenvalue weighted by molar-refractivity contribution is 7.99. The lowest BCUT2D eigenvalue weighted by Crippen LogP contribution is -2.23. The SMILES string of the molecule is Cc1cc(C)cc(-n2c(SCC(=O)Nc3ccccc3[N+](=O)[O-])nc3ccccc3c2=O)c1. The van der Waals surface area contributed by atoms with Gasteiger partial charge in [-0.25, -0.2) is 4.98 Å². The molecular formula is C24H20N4O4S. The van der Waals surface area contributed by atoms with Crippen LogP contribution in [0.1, 0.15) is 11.1 Å². The number of fused-ring (bicyclic) bond motifs is 1. The summed E-state index contributed by atoms with van der Waals surface area (Å²) in [6, 6.07) is 18.8. The van der Waals surface area contributed by atoms with Crippen molar-refractivity contribution in [1.82, 2.24) is 9.55 Å². The minimum absolute atomic E-state index is 0.0817. The molecule has 0 unspecified atom stereocenters. The lowest BCUT2D eigenvalue weighted by atomic mass is 10.1. The standard InChI is InChI=1S/C24H20N4O4S/c1-15-11-16(2)13-17(12-15)27-23(30)18-7-3-4-8-19(18)26-24(27)33-14-22(29)25-20-9-5-6-10-21(20)28(31)32/h3-13H,14H2,1-2H3,(H,25,29). The molecule has 0 aliphatic carbocycles. The number of hydrogen-bond donors (Lipinski definition) is 1. The Hall–Kier alpha value is -3.98. The fraction of sp³-hybridized carbons (Fsp3) is 0.125. The number of aromatic nitrogens is 2. The van der Waals surface area contributed by atoms with E-state index in [0.717, 1.165) is 22.9 Å². The quantitative estimate of drug-likeness (QED) is 0.194. The van der Waals surface area contributed by atoms with Crippen LogP contribution in [0.5, 0.6) is 0 Å². The van der Waals surface area contributed by atoms with Gasteiger partial charge in [0.05, 0.1) is 27.3 Å². The third kappa shape index (κ3) is 4.78. The largest absolute Gasteiger partial charge is 0.320 e. The van der Waals surface area contributed by atoms with Gasteiger partial charge in [0.1, 0.15) is 5.69 Å². The molecule has 33 heavy (non-hydrogen) atoms. The fourth-order valence-corrected chi connectivity index (χ4v) is 4.38. The fourth-order valence-electron chi connectivity index (χ4n) is 3.57. The van der Waals surface area contributed by atoms with Crippen molar-refractivity contribution >= 4 is 39.9 Å². The number of rotatable bonds is 6. The Morgan fingerprint density at radius 3 is 2.45 bits per heavy atom. The van der Waals surface area contributed by atoms with E-state index >= 15 is 0 Å². The molecule has 0 saturated carbocycles. The average molecular weight is 461 g/mol.